The lowest BCUT2D eigenvalue weighted by Gasteiger charge is -2.29. The van der Waals surface area contributed by atoms with Crippen LogP contribution in [0, 0.1) is 0 Å². The van der Waals surface area contributed by atoms with Crippen LogP contribution in [-0.4, -0.2) is 9.97 Å². The molecule has 0 bridgehead atoms. The van der Waals surface area contributed by atoms with Gasteiger partial charge in [-0.15, -0.1) is 0 Å². The fourth-order valence-corrected chi connectivity index (χ4v) is 8.37. The standard InChI is InChI=1S/C51H37N3/c1-51(2)44-26-16-15-25-42(44)47-43(32-40(33-45(47)51)54(38-21-11-5-12-22-38)39-23-13-6-14-24-39)37-27-29-41-36(31-37)28-30-46-50(41)53-49(35-19-9-4-10-20-35)48(52-46)34-17-7-3-8-18-34/h3-33H,1-2H3. The maximum Gasteiger partial charge on any atom is 0.0973 e. The first-order valence-electron chi connectivity index (χ1n) is 18.6. The van der Waals surface area contributed by atoms with Crippen molar-refractivity contribution < 1.29 is 0 Å². The van der Waals surface area contributed by atoms with Gasteiger partial charge in [-0.05, 0) is 87.3 Å². The van der Waals surface area contributed by atoms with E-state index in [0.717, 1.165) is 61.4 Å². The van der Waals surface area contributed by atoms with Crippen LogP contribution in [-0.2, 0) is 5.41 Å². The van der Waals surface area contributed by atoms with E-state index in [9.17, 15) is 0 Å². The molecule has 1 heterocycles. The Balaban J connectivity index is 1.21. The molecular formula is C51H37N3. The van der Waals surface area contributed by atoms with Gasteiger partial charge in [0.1, 0.15) is 0 Å². The normalized spacial score (nSPS) is 12.8. The molecule has 0 spiro atoms. The van der Waals surface area contributed by atoms with E-state index in [0.29, 0.717) is 0 Å². The number of hydrogen-bond donors (Lipinski definition) is 0. The summed E-state index contributed by atoms with van der Waals surface area (Å²) in [6.45, 7) is 4.72. The van der Waals surface area contributed by atoms with E-state index >= 15 is 0 Å². The van der Waals surface area contributed by atoms with Crippen LogP contribution >= 0.6 is 0 Å². The Morgan fingerprint density at radius 2 is 1.00 bits per heavy atom. The van der Waals surface area contributed by atoms with Gasteiger partial charge in [0.05, 0.1) is 22.4 Å². The Morgan fingerprint density at radius 1 is 0.426 bits per heavy atom. The van der Waals surface area contributed by atoms with Gasteiger partial charge in [0.25, 0.3) is 0 Å². The van der Waals surface area contributed by atoms with E-state index < -0.39 is 0 Å². The molecule has 0 saturated heterocycles. The van der Waals surface area contributed by atoms with E-state index in [1.165, 1.54) is 33.4 Å². The van der Waals surface area contributed by atoms with Crippen molar-refractivity contribution in [3.8, 4) is 44.8 Å². The number of benzene rings is 8. The van der Waals surface area contributed by atoms with Crippen molar-refractivity contribution in [3.63, 3.8) is 0 Å². The molecule has 9 aromatic rings. The number of anilines is 3. The molecule has 0 unspecified atom stereocenters. The largest absolute Gasteiger partial charge is 0.310 e. The van der Waals surface area contributed by atoms with Crippen molar-refractivity contribution in [1.29, 1.82) is 0 Å². The molecule has 0 fully saturated rings. The molecule has 1 aromatic heterocycles. The van der Waals surface area contributed by atoms with Gasteiger partial charge in [-0.1, -0.05) is 153 Å². The molecule has 1 aliphatic rings. The zero-order chi connectivity index (χ0) is 36.2. The number of nitrogens with zero attached hydrogens (tertiary/aromatic N) is 3. The minimum Gasteiger partial charge on any atom is -0.310 e. The highest BCUT2D eigenvalue weighted by molar-refractivity contribution is 6.07. The Bertz CT molecular complexity index is 2790. The molecule has 0 radical (unpaired) electrons. The van der Waals surface area contributed by atoms with Crippen LogP contribution in [0.4, 0.5) is 17.1 Å². The molecule has 3 nitrogen and oxygen atoms in total. The molecule has 256 valence electrons. The Kier molecular flexibility index (Phi) is 7.48. The lowest BCUT2D eigenvalue weighted by molar-refractivity contribution is 0.660. The number of rotatable bonds is 6. The van der Waals surface area contributed by atoms with Crippen LogP contribution in [0.15, 0.2) is 188 Å². The second-order valence-electron chi connectivity index (χ2n) is 14.6. The summed E-state index contributed by atoms with van der Waals surface area (Å²) in [6, 6.07) is 67.1. The maximum absolute atomic E-state index is 5.39. The van der Waals surface area contributed by atoms with Gasteiger partial charge >= 0.3 is 0 Å². The summed E-state index contributed by atoms with van der Waals surface area (Å²) < 4.78 is 0. The summed E-state index contributed by atoms with van der Waals surface area (Å²) >= 11 is 0. The first kappa shape index (κ1) is 31.9. The number of aromatic nitrogens is 2. The van der Waals surface area contributed by atoms with Crippen LogP contribution in [0.1, 0.15) is 25.0 Å². The molecule has 0 aliphatic heterocycles. The van der Waals surface area contributed by atoms with E-state index in [-0.39, 0.29) is 5.41 Å². The van der Waals surface area contributed by atoms with Gasteiger partial charge in [-0.3, -0.25) is 0 Å². The smallest absolute Gasteiger partial charge is 0.0973 e. The first-order valence-corrected chi connectivity index (χ1v) is 18.6. The summed E-state index contributed by atoms with van der Waals surface area (Å²) in [5.74, 6) is 0. The average Bonchev–Trinajstić information content (AvgIpc) is 3.47. The molecular weight excluding hydrogens is 655 g/mol. The molecule has 8 aromatic carbocycles. The Labute approximate surface area is 315 Å². The summed E-state index contributed by atoms with van der Waals surface area (Å²) in [6.07, 6.45) is 0. The lowest BCUT2D eigenvalue weighted by atomic mass is 9.81. The predicted octanol–water partition coefficient (Wildman–Crippen LogP) is 13.6. The van der Waals surface area contributed by atoms with Crippen molar-refractivity contribution >= 4 is 38.9 Å². The first-order chi connectivity index (χ1) is 26.5. The monoisotopic (exact) mass is 691 g/mol. The highest BCUT2D eigenvalue weighted by atomic mass is 15.1. The Morgan fingerprint density at radius 3 is 1.65 bits per heavy atom. The van der Waals surface area contributed by atoms with Gasteiger partial charge < -0.3 is 4.90 Å². The van der Waals surface area contributed by atoms with Crippen LogP contribution in [0.25, 0.3) is 66.6 Å². The van der Waals surface area contributed by atoms with Crippen LogP contribution in [0.2, 0.25) is 0 Å². The fourth-order valence-electron chi connectivity index (χ4n) is 8.37. The zero-order valence-corrected chi connectivity index (χ0v) is 30.2. The van der Waals surface area contributed by atoms with Gasteiger partial charge in [-0.2, -0.15) is 0 Å². The minimum atomic E-state index is -0.178. The second kappa shape index (κ2) is 12.7. The molecule has 0 saturated carbocycles. The minimum absolute atomic E-state index is 0.178. The molecule has 3 heteroatoms. The number of hydrogen-bond acceptors (Lipinski definition) is 3. The van der Waals surface area contributed by atoms with Crippen molar-refractivity contribution in [2.45, 2.75) is 19.3 Å². The third-order valence-corrected chi connectivity index (χ3v) is 11.0. The van der Waals surface area contributed by atoms with E-state index in [1.807, 2.05) is 12.1 Å². The van der Waals surface area contributed by atoms with Crippen LogP contribution in [0.5, 0.6) is 0 Å². The zero-order valence-electron chi connectivity index (χ0n) is 30.2. The van der Waals surface area contributed by atoms with Crippen molar-refractivity contribution in [2.75, 3.05) is 4.90 Å². The SMILES string of the molecule is CC1(C)c2ccccc2-c2c(-c3ccc4c(ccc5nc(-c6ccccc6)c(-c6ccccc6)nc54)c3)cc(N(c3ccccc3)c3ccccc3)cc21. The van der Waals surface area contributed by atoms with Gasteiger partial charge in [-0.25, -0.2) is 9.97 Å². The molecule has 1 aliphatic carbocycles. The van der Waals surface area contributed by atoms with Gasteiger partial charge in [0.2, 0.25) is 0 Å². The second-order valence-corrected chi connectivity index (χ2v) is 14.6. The summed E-state index contributed by atoms with van der Waals surface area (Å²) in [5.41, 5.74) is 16.5. The fraction of sp³-hybridized carbons (Fsp3) is 0.0588. The Hall–Kier alpha value is -6.84. The average molecular weight is 692 g/mol. The summed E-state index contributed by atoms with van der Waals surface area (Å²) in [5, 5.41) is 2.22. The highest BCUT2D eigenvalue weighted by Gasteiger charge is 2.38. The van der Waals surface area contributed by atoms with Crippen LogP contribution < -0.4 is 4.90 Å². The van der Waals surface area contributed by atoms with Gasteiger partial charge in [0, 0.05) is 39.0 Å². The van der Waals surface area contributed by atoms with E-state index in [1.54, 1.807) is 0 Å². The van der Waals surface area contributed by atoms with Crippen molar-refractivity contribution in [3.05, 3.63) is 199 Å². The molecule has 10 rings (SSSR count). The van der Waals surface area contributed by atoms with Gasteiger partial charge in [0.15, 0.2) is 0 Å². The van der Waals surface area contributed by atoms with Crippen LogP contribution in [0.3, 0.4) is 0 Å². The predicted molar refractivity (Wildman–Crippen MR) is 226 cm³/mol. The van der Waals surface area contributed by atoms with Crippen molar-refractivity contribution in [2.24, 2.45) is 0 Å². The topological polar surface area (TPSA) is 29.0 Å². The third kappa shape index (κ3) is 5.20. The summed E-state index contributed by atoms with van der Waals surface area (Å²) in [7, 11) is 0. The number of fused-ring (bicyclic) bond motifs is 6. The molecule has 54 heavy (non-hydrogen) atoms. The van der Waals surface area contributed by atoms with E-state index in [4.69, 9.17) is 9.97 Å². The molecule has 0 atom stereocenters. The third-order valence-electron chi connectivity index (χ3n) is 11.0. The maximum atomic E-state index is 5.39. The summed E-state index contributed by atoms with van der Waals surface area (Å²) in [4.78, 5) is 13.0. The molecule has 0 N–H and O–H groups in total. The highest BCUT2D eigenvalue weighted by Crippen LogP contribution is 2.54. The quantitative estimate of drug-likeness (QED) is 0.163. The molecule has 0 amide bonds. The van der Waals surface area contributed by atoms with E-state index in [2.05, 4.69) is 195 Å². The number of para-hydroxylation sites is 2. The van der Waals surface area contributed by atoms with Crippen molar-refractivity contribution in [1.82, 2.24) is 9.97 Å². The lowest BCUT2D eigenvalue weighted by Crippen LogP contribution is -2.16.